The molecule has 0 aromatic rings. The van der Waals surface area contributed by atoms with Crippen molar-refractivity contribution in [3.8, 4) is 0 Å². The van der Waals surface area contributed by atoms with E-state index in [1.807, 2.05) is 32.7 Å². The molecule has 4 heteroatoms. The molecule has 0 aromatic heterocycles. The largest absolute Gasteiger partial charge is 0.345 e. The highest BCUT2D eigenvalue weighted by Gasteiger charge is 2.14. The van der Waals surface area contributed by atoms with Crippen LogP contribution in [0.4, 0.5) is 0 Å². The van der Waals surface area contributed by atoms with E-state index in [2.05, 4.69) is 12.2 Å². The topological polar surface area (TPSA) is 32.3 Å². The number of rotatable bonds is 7. The summed E-state index contributed by atoms with van der Waals surface area (Å²) in [5, 5.41) is 3.22. The van der Waals surface area contributed by atoms with Gasteiger partial charge in [-0.05, 0) is 19.6 Å². The monoisotopic (exact) mass is 218 g/mol. The first-order chi connectivity index (χ1) is 6.63. The van der Waals surface area contributed by atoms with Gasteiger partial charge in [-0.1, -0.05) is 6.92 Å². The highest BCUT2D eigenvalue weighted by Crippen LogP contribution is 1.97. The van der Waals surface area contributed by atoms with E-state index in [0.29, 0.717) is 0 Å². The zero-order chi connectivity index (χ0) is 11.0. The summed E-state index contributed by atoms with van der Waals surface area (Å²) in [4.78, 5) is 13.3. The molecule has 0 rings (SSSR count). The molecule has 0 fully saturated rings. The van der Waals surface area contributed by atoms with Crippen molar-refractivity contribution in [1.29, 1.82) is 0 Å². The zero-order valence-electron chi connectivity index (χ0n) is 9.67. The standard InChI is InChI=1S/C10H22N2OS/c1-5-12(4)10(13)9(3)11-7-8-14-6-2/h9,11H,5-8H2,1-4H3. The smallest absolute Gasteiger partial charge is 0.239 e. The van der Waals surface area contributed by atoms with Crippen LogP contribution in [0.15, 0.2) is 0 Å². The van der Waals surface area contributed by atoms with Crippen LogP contribution in [0, 0.1) is 0 Å². The van der Waals surface area contributed by atoms with Crippen molar-refractivity contribution < 1.29 is 4.79 Å². The molecule has 0 spiro atoms. The summed E-state index contributed by atoms with van der Waals surface area (Å²) in [6, 6.07) is -0.0580. The number of hydrogen-bond donors (Lipinski definition) is 1. The van der Waals surface area contributed by atoms with E-state index in [1.54, 1.807) is 4.90 Å². The fourth-order valence-corrected chi connectivity index (χ4v) is 1.62. The highest BCUT2D eigenvalue weighted by molar-refractivity contribution is 7.99. The maximum absolute atomic E-state index is 11.6. The molecule has 1 N–H and O–H groups in total. The molecular weight excluding hydrogens is 196 g/mol. The van der Waals surface area contributed by atoms with E-state index in [0.717, 1.165) is 24.6 Å². The molecule has 0 aliphatic heterocycles. The van der Waals surface area contributed by atoms with Crippen molar-refractivity contribution in [2.24, 2.45) is 0 Å². The van der Waals surface area contributed by atoms with Gasteiger partial charge < -0.3 is 10.2 Å². The van der Waals surface area contributed by atoms with Crippen LogP contribution in [0.5, 0.6) is 0 Å². The van der Waals surface area contributed by atoms with Gasteiger partial charge in [0.1, 0.15) is 0 Å². The second-order valence-electron chi connectivity index (χ2n) is 3.23. The maximum Gasteiger partial charge on any atom is 0.239 e. The van der Waals surface area contributed by atoms with Gasteiger partial charge in [-0.15, -0.1) is 0 Å². The third-order valence-corrected chi connectivity index (χ3v) is 3.02. The average molecular weight is 218 g/mol. The van der Waals surface area contributed by atoms with Crippen LogP contribution in [0.3, 0.4) is 0 Å². The van der Waals surface area contributed by atoms with Gasteiger partial charge in [-0.25, -0.2) is 0 Å². The fraction of sp³-hybridized carbons (Fsp3) is 0.900. The van der Waals surface area contributed by atoms with Gasteiger partial charge in [-0.3, -0.25) is 4.79 Å². The van der Waals surface area contributed by atoms with E-state index in [9.17, 15) is 4.79 Å². The number of nitrogens with zero attached hydrogens (tertiary/aromatic N) is 1. The van der Waals surface area contributed by atoms with Gasteiger partial charge in [-0.2, -0.15) is 11.8 Å². The van der Waals surface area contributed by atoms with Crippen LogP contribution in [0.25, 0.3) is 0 Å². The molecule has 1 atom stereocenters. The van der Waals surface area contributed by atoms with Crippen molar-refractivity contribution in [3.63, 3.8) is 0 Å². The third-order valence-electron chi connectivity index (χ3n) is 2.12. The molecule has 3 nitrogen and oxygen atoms in total. The Kier molecular flexibility index (Phi) is 7.99. The summed E-state index contributed by atoms with van der Waals surface area (Å²) in [6.07, 6.45) is 0. The first-order valence-corrected chi connectivity index (χ1v) is 6.35. The molecule has 0 saturated heterocycles. The molecule has 1 amide bonds. The van der Waals surface area contributed by atoms with Crippen molar-refractivity contribution in [2.75, 3.05) is 31.6 Å². The normalized spacial score (nSPS) is 12.6. The molecule has 0 aliphatic carbocycles. The van der Waals surface area contributed by atoms with E-state index >= 15 is 0 Å². The number of thioether (sulfide) groups is 1. The minimum atomic E-state index is -0.0580. The summed E-state index contributed by atoms with van der Waals surface area (Å²) in [5.74, 6) is 2.39. The Labute approximate surface area is 91.6 Å². The van der Waals surface area contributed by atoms with E-state index in [-0.39, 0.29) is 11.9 Å². The van der Waals surface area contributed by atoms with Crippen LogP contribution in [-0.4, -0.2) is 48.5 Å². The quantitative estimate of drug-likeness (QED) is 0.652. The number of carbonyl (C=O) groups is 1. The van der Waals surface area contributed by atoms with Crippen LogP contribution in [0.1, 0.15) is 20.8 Å². The van der Waals surface area contributed by atoms with Gasteiger partial charge in [0.25, 0.3) is 0 Å². The summed E-state index contributed by atoms with van der Waals surface area (Å²) in [6.45, 7) is 7.73. The lowest BCUT2D eigenvalue weighted by Crippen LogP contribution is -2.43. The van der Waals surface area contributed by atoms with Crippen LogP contribution < -0.4 is 5.32 Å². The zero-order valence-corrected chi connectivity index (χ0v) is 10.5. The number of likely N-dealkylation sites (N-methyl/N-ethyl adjacent to an activating group) is 1. The first kappa shape index (κ1) is 13.8. The van der Waals surface area contributed by atoms with Gasteiger partial charge in [0, 0.05) is 25.9 Å². The predicted octanol–water partition coefficient (Wildman–Crippen LogP) is 1.20. The Bertz CT molecular complexity index is 164. The summed E-state index contributed by atoms with van der Waals surface area (Å²) < 4.78 is 0. The second kappa shape index (κ2) is 8.12. The van der Waals surface area contributed by atoms with Crippen LogP contribution >= 0.6 is 11.8 Å². The highest BCUT2D eigenvalue weighted by atomic mass is 32.2. The Hall–Kier alpha value is -0.220. The molecule has 0 bridgehead atoms. The fourth-order valence-electron chi connectivity index (χ4n) is 1.07. The Morgan fingerprint density at radius 2 is 2.14 bits per heavy atom. The molecule has 0 aliphatic rings. The third kappa shape index (κ3) is 5.50. The second-order valence-corrected chi connectivity index (χ2v) is 4.62. The van der Waals surface area contributed by atoms with E-state index in [4.69, 9.17) is 0 Å². The average Bonchev–Trinajstić information content (AvgIpc) is 2.21. The van der Waals surface area contributed by atoms with Gasteiger partial charge in [0.05, 0.1) is 6.04 Å². The molecule has 84 valence electrons. The summed E-state index contributed by atoms with van der Waals surface area (Å²) in [5.41, 5.74) is 0. The number of amides is 1. The maximum atomic E-state index is 11.6. The minimum absolute atomic E-state index is 0.0580. The van der Waals surface area contributed by atoms with Gasteiger partial charge in [0.15, 0.2) is 0 Å². The summed E-state index contributed by atoms with van der Waals surface area (Å²) >= 11 is 1.89. The van der Waals surface area contributed by atoms with Gasteiger partial charge >= 0.3 is 0 Å². The molecule has 0 radical (unpaired) electrons. The lowest BCUT2D eigenvalue weighted by Gasteiger charge is -2.20. The van der Waals surface area contributed by atoms with E-state index < -0.39 is 0 Å². The molecule has 0 saturated carbocycles. The molecular formula is C10H22N2OS. The van der Waals surface area contributed by atoms with Crippen LogP contribution in [0.2, 0.25) is 0 Å². The molecule has 1 unspecified atom stereocenters. The van der Waals surface area contributed by atoms with Crippen molar-refractivity contribution in [3.05, 3.63) is 0 Å². The number of hydrogen-bond acceptors (Lipinski definition) is 3. The first-order valence-electron chi connectivity index (χ1n) is 5.19. The Morgan fingerprint density at radius 1 is 1.50 bits per heavy atom. The van der Waals surface area contributed by atoms with Crippen molar-refractivity contribution >= 4 is 17.7 Å². The van der Waals surface area contributed by atoms with Crippen molar-refractivity contribution in [2.45, 2.75) is 26.8 Å². The number of carbonyl (C=O) groups excluding carboxylic acids is 1. The predicted molar refractivity (Wildman–Crippen MR) is 63.8 cm³/mol. The molecule has 0 heterocycles. The van der Waals surface area contributed by atoms with Crippen LogP contribution in [-0.2, 0) is 4.79 Å². The summed E-state index contributed by atoms with van der Waals surface area (Å²) in [7, 11) is 1.83. The van der Waals surface area contributed by atoms with Gasteiger partial charge in [0.2, 0.25) is 5.91 Å². The van der Waals surface area contributed by atoms with Crippen molar-refractivity contribution in [1.82, 2.24) is 10.2 Å². The SMILES string of the molecule is CCSCCNC(C)C(=O)N(C)CC. The lowest BCUT2D eigenvalue weighted by molar-refractivity contribution is -0.131. The lowest BCUT2D eigenvalue weighted by atomic mass is 10.3. The van der Waals surface area contributed by atoms with E-state index in [1.165, 1.54) is 0 Å². The Balaban J connectivity index is 3.62. The minimum Gasteiger partial charge on any atom is -0.345 e. The Morgan fingerprint density at radius 3 is 2.64 bits per heavy atom. The molecule has 0 aromatic carbocycles. The number of nitrogens with one attached hydrogen (secondary N) is 1. The molecule has 14 heavy (non-hydrogen) atoms.